The van der Waals surface area contributed by atoms with Crippen molar-refractivity contribution < 1.29 is 9.90 Å². The van der Waals surface area contributed by atoms with Crippen LogP contribution in [0.2, 0.25) is 0 Å². The molecular formula is C31H48N6O2. The maximum atomic E-state index is 13.6. The molecule has 3 heterocycles. The summed E-state index contributed by atoms with van der Waals surface area (Å²) in [5, 5.41) is 18.0. The number of rotatable bonds is 7. The Hall–Kier alpha value is -2.87. The normalized spacial score (nSPS) is 19.3. The van der Waals surface area contributed by atoms with Gasteiger partial charge in [-0.05, 0) is 55.2 Å². The van der Waals surface area contributed by atoms with Crippen LogP contribution in [-0.2, 0) is 23.8 Å². The summed E-state index contributed by atoms with van der Waals surface area (Å²) >= 11 is 0. The largest absolute Gasteiger partial charge is 0.507 e. The van der Waals surface area contributed by atoms with Crippen LogP contribution < -0.4 is 16.4 Å². The summed E-state index contributed by atoms with van der Waals surface area (Å²) in [5.74, 6) is 1.71. The van der Waals surface area contributed by atoms with E-state index in [0.29, 0.717) is 30.2 Å². The molecule has 1 saturated heterocycles. The molecule has 0 radical (unpaired) electrons. The van der Waals surface area contributed by atoms with Crippen LogP contribution in [0.5, 0.6) is 5.75 Å². The second kappa shape index (κ2) is 11.0. The zero-order valence-electron chi connectivity index (χ0n) is 25.2. The van der Waals surface area contributed by atoms with Gasteiger partial charge in [-0.1, -0.05) is 54.9 Å². The van der Waals surface area contributed by atoms with E-state index < -0.39 is 0 Å². The van der Waals surface area contributed by atoms with Gasteiger partial charge in [-0.25, -0.2) is 4.98 Å². The van der Waals surface area contributed by atoms with Gasteiger partial charge in [-0.2, -0.15) is 0 Å². The first-order valence-electron chi connectivity index (χ1n) is 14.6. The van der Waals surface area contributed by atoms with E-state index in [-0.39, 0.29) is 28.8 Å². The Kier molecular flexibility index (Phi) is 8.18. The summed E-state index contributed by atoms with van der Waals surface area (Å²) < 4.78 is 2.27. The lowest BCUT2D eigenvalue weighted by Crippen LogP contribution is -2.43. The molecule has 0 aliphatic carbocycles. The second-order valence-electron chi connectivity index (χ2n) is 13.2. The van der Waals surface area contributed by atoms with Gasteiger partial charge >= 0.3 is 0 Å². The number of phenols is 1. The minimum Gasteiger partial charge on any atom is -0.507 e. The number of benzene rings is 1. The number of amidine groups is 1. The number of nitrogens with one attached hydrogen (secondary N) is 2. The average molecular weight is 537 g/mol. The minimum absolute atomic E-state index is 0.0997. The van der Waals surface area contributed by atoms with Crippen molar-refractivity contribution >= 4 is 11.7 Å². The van der Waals surface area contributed by atoms with E-state index in [4.69, 9.17) is 15.7 Å². The standard InChI is InChI=1S/C31H48N6O2/c1-9-10-13-22-36-25-26(24-21(35-28(25)32)12-11-14-33-24)37(22)16-15-34-29(39)19-17-20(30(3,4)5)27(38)23(18(19)2)31(6,7)8/h17,21,24,33,38H,9-16H2,1-8H3,(H2,32,35)(H,34,39). The van der Waals surface area contributed by atoms with Crippen molar-refractivity contribution in [3.8, 4) is 5.75 Å². The summed E-state index contributed by atoms with van der Waals surface area (Å²) in [6.07, 6.45) is 5.08. The van der Waals surface area contributed by atoms with Crippen LogP contribution in [-0.4, -0.2) is 45.5 Å². The summed E-state index contributed by atoms with van der Waals surface area (Å²) in [6.45, 7) is 18.6. The highest BCUT2D eigenvalue weighted by Crippen LogP contribution is 2.42. The SMILES string of the molecule is CCCCc1nc2c(n1CCNC(=O)c1cc(C(C)(C)C)c(O)c(C(C)(C)C)c1C)C1NCCCC1N=C2N. The third-order valence-corrected chi connectivity index (χ3v) is 8.09. The number of amides is 1. The molecule has 1 aromatic carbocycles. The van der Waals surface area contributed by atoms with Crippen LogP contribution in [0.15, 0.2) is 11.1 Å². The number of fused-ring (bicyclic) bond motifs is 3. The molecule has 0 spiro atoms. The molecular weight excluding hydrogens is 488 g/mol. The Labute approximate surface area is 233 Å². The first kappa shape index (κ1) is 29.1. The Bertz CT molecular complexity index is 1260. The molecule has 2 aromatic rings. The molecule has 2 aliphatic heterocycles. The molecule has 8 heteroatoms. The minimum atomic E-state index is -0.306. The van der Waals surface area contributed by atoms with Gasteiger partial charge in [0.05, 0.1) is 17.8 Å². The Morgan fingerprint density at radius 2 is 1.95 bits per heavy atom. The molecule has 2 unspecified atom stereocenters. The molecule has 2 aliphatic rings. The summed E-state index contributed by atoms with van der Waals surface area (Å²) in [5.41, 5.74) is 10.8. The molecule has 2 atom stereocenters. The van der Waals surface area contributed by atoms with Gasteiger partial charge in [0, 0.05) is 36.2 Å². The van der Waals surface area contributed by atoms with E-state index in [9.17, 15) is 9.90 Å². The van der Waals surface area contributed by atoms with E-state index in [1.165, 1.54) is 0 Å². The lowest BCUT2D eigenvalue weighted by Gasteiger charge is -2.34. The molecule has 0 bridgehead atoms. The zero-order chi connectivity index (χ0) is 28.7. The number of hydrogen-bond donors (Lipinski definition) is 4. The number of aryl methyl sites for hydroxylation is 1. The smallest absolute Gasteiger partial charge is 0.251 e. The van der Waals surface area contributed by atoms with Crippen LogP contribution in [0, 0.1) is 6.92 Å². The predicted octanol–water partition coefficient (Wildman–Crippen LogP) is 4.78. The molecule has 8 nitrogen and oxygen atoms in total. The van der Waals surface area contributed by atoms with Crippen molar-refractivity contribution in [2.45, 2.75) is 117 Å². The van der Waals surface area contributed by atoms with Gasteiger partial charge in [-0.3, -0.25) is 9.79 Å². The number of carbonyl (C=O) groups excluding carboxylic acids is 1. The number of nitrogens with zero attached hydrogens (tertiary/aromatic N) is 3. The molecule has 4 rings (SSSR count). The van der Waals surface area contributed by atoms with E-state index >= 15 is 0 Å². The van der Waals surface area contributed by atoms with Gasteiger partial charge in [0.1, 0.15) is 23.1 Å². The topological polar surface area (TPSA) is 118 Å². The van der Waals surface area contributed by atoms with E-state index in [2.05, 4.69) is 63.7 Å². The highest BCUT2D eigenvalue weighted by Gasteiger charge is 2.37. The molecule has 39 heavy (non-hydrogen) atoms. The highest BCUT2D eigenvalue weighted by atomic mass is 16.3. The van der Waals surface area contributed by atoms with Crippen molar-refractivity contribution in [2.75, 3.05) is 13.1 Å². The number of imidazole rings is 1. The van der Waals surface area contributed by atoms with Gasteiger partial charge in [0.2, 0.25) is 0 Å². The zero-order valence-corrected chi connectivity index (χ0v) is 25.2. The molecule has 0 saturated carbocycles. The fourth-order valence-corrected chi connectivity index (χ4v) is 6.19. The number of unbranched alkanes of at least 4 members (excludes halogenated alkanes) is 1. The van der Waals surface area contributed by atoms with Gasteiger partial charge in [0.15, 0.2) is 0 Å². The van der Waals surface area contributed by atoms with Crippen molar-refractivity contribution in [2.24, 2.45) is 10.7 Å². The molecule has 5 N–H and O–H groups in total. The Morgan fingerprint density at radius 3 is 2.59 bits per heavy atom. The van der Waals surface area contributed by atoms with Crippen molar-refractivity contribution in [3.63, 3.8) is 0 Å². The quantitative estimate of drug-likeness (QED) is 0.406. The van der Waals surface area contributed by atoms with E-state index in [0.717, 1.165) is 72.6 Å². The summed E-state index contributed by atoms with van der Waals surface area (Å²) in [4.78, 5) is 23.3. The fourth-order valence-electron chi connectivity index (χ4n) is 6.19. The van der Waals surface area contributed by atoms with Crippen LogP contribution in [0.25, 0.3) is 0 Å². The first-order valence-corrected chi connectivity index (χ1v) is 14.6. The number of aromatic nitrogens is 2. The summed E-state index contributed by atoms with van der Waals surface area (Å²) in [6, 6.07) is 2.10. The number of aromatic hydroxyl groups is 1. The van der Waals surface area contributed by atoms with E-state index in [1.54, 1.807) is 0 Å². The van der Waals surface area contributed by atoms with Crippen LogP contribution in [0.3, 0.4) is 0 Å². The molecule has 214 valence electrons. The third-order valence-electron chi connectivity index (χ3n) is 8.09. The van der Waals surface area contributed by atoms with Gasteiger partial charge < -0.3 is 26.0 Å². The summed E-state index contributed by atoms with van der Waals surface area (Å²) in [7, 11) is 0. The van der Waals surface area contributed by atoms with Crippen molar-refractivity contribution in [3.05, 3.63) is 45.5 Å². The van der Waals surface area contributed by atoms with Crippen molar-refractivity contribution in [1.29, 1.82) is 0 Å². The lowest BCUT2D eigenvalue weighted by molar-refractivity contribution is 0.0951. The number of piperidine rings is 1. The predicted molar refractivity (Wildman–Crippen MR) is 158 cm³/mol. The molecule has 1 amide bonds. The third kappa shape index (κ3) is 5.72. The average Bonchev–Trinajstić information content (AvgIpc) is 3.20. The first-order chi connectivity index (χ1) is 18.3. The molecule has 1 fully saturated rings. The van der Waals surface area contributed by atoms with Gasteiger partial charge in [-0.15, -0.1) is 0 Å². The Balaban J connectivity index is 1.63. The lowest BCUT2D eigenvalue weighted by atomic mass is 9.76. The van der Waals surface area contributed by atoms with Crippen LogP contribution >= 0.6 is 0 Å². The number of nitrogens with two attached hydrogens (primary N) is 1. The fraction of sp³-hybridized carbons (Fsp3) is 0.645. The van der Waals surface area contributed by atoms with Crippen LogP contribution in [0.4, 0.5) is 0 Å². The maximum absolute atomic E-state index is 13.6. The van der Waals surface area contributed by atoms with E-state index in [1.807, 2.05) is 13.0 Å². The Morgan fingerprint density at radius 1 is 1.23 bits per heavy atom. The second-order valence-corrected chi connectivity index (χ2v) is 13.2. The molecule has 1 aromatic heterocycles. The highest BCUT2D eigenvalue weighted by molar-refractivity contribution is 5.98. The monoisotopic (exact) mass is 536 g/mol. The number of carbonyl (C=O) groups is 1. The number of phenolic OH excluding ortho intramolecular Hbond substituents is 1. The number of hydrogen-bond acceptors (Lipinski definition) is 6. The number of aliphatic imine (C=N–C) groups is 1. The van der Waals surface area contributed by atoms with Crippen LogP contribution in [0.1, 0.15) is 124 Å². The maximum Gasteiger partial charge on any atom is 0.251 e. The van der Waals surface area contributed by atoms with Gasteiger partial charge in [0.25, 0.3) is 5.91 Å². The van der Waals surface area contributed by atoms with Crippen molar-refractivity contribution in [1.82, 2.24) is 20.2 Å².